The Morgan fingerprint density at radius 2 is 2.00 bits per heavy atom. The van der Waals surface area contributed by atoms with Gasteiger partial charge in [0.25, 0.3) is 5.91 Å². The molecule has 2 heterocycles. The number of ether oxygens (including phenoxy) is 1. The number of carbonyl (C=O) groups excluding carboxylic acids is 1. The van der Waals surface area contributed by atoms with E-state index in [0.29, 0.717) is 33.6 Å². The molecule has 2 N–H and O–H groups in total. The number of para-hydroxylation sites is 1. The van der Waals surface area contributed by atoms with E-state index < -0.39 is 5.91 Å². The third-order valence-electron chi connectivity index (χ3n) is 3.98. The maximum atomic E-state index is 12.1. The summed E-state index contributed by atoms with van der Waals surface area (Å²) in [7, 11) is 0. The largest absolute Gasteiger partial charge is 0.482 e. The first-order valence-electron chi connectivity index (χ1n) is 8.88. The molecule has 0 aliphatic rings. The van der Waals surface area contributed by atoms with E-state index in [1.54, 1.807) is 42.6 Å². The van der Waals surface area contributed by atoms with Gasteiger partial charge in [-0.1, -0.05) is 29.8 Å². The third kappa shape index (κ3) is 4.73. The molecule has 30 heavy (non-hydrogen) atoms. The lowest BCUT2D eigenvalue weighted by atomic mass is 10.2. The van der Waals surface area contributed by atoms with Crippen LogP contribution in [0, 0.1) is 0 Å². The van der Waals surface area contributed by atoms with E-state index in [2.05, 4.69) is 20.6 Å². The molecule has 0 saturated heterocycles. The van der Waals surface area contributed by atoms with Crippen molar-refractivity contribution < 1.29 is 13.9 Å². The van der Waals surface area contributed by atoms with Crippen molar-refractivity contribution in [2.24, 2.45) is 0 Å². The Hall–Kier alpha value is -3.49. The zero-order valence-corrected chi connectivity index (χ0v) is 17.0. The third-order valence-corrected chi connectivity index (χ3v) is 4.50. The van der Waals surface area contributed by atoms with Crippen molar-refractivity contribution in [1.29, 1.82) is 0 Å². The number of oxazole rings is 1. The Morgan fingerprint density at radius 3 is 2.83 bits per heavy atom. The second kappa shape index (κ2) is 8.89. The number of halogens is 1. The molecule has 1 amide bonds. The molecule has 4 rings (SSSR count). The molecule has 0 spiro atoms. The van der Waals surface area contributed by atoms with Crippen LogP contribution in [0.4, 0.5) is 5.69 Å². The number of benzene rings is 2. The van der Waals surface area contributed by atoms with Crippen LogP contribution in [0.1, 0.15) is 0 Å². The SMILES string of the molecule is O=C(COc1ccccc1Cl)NC(=S)Nc1cccc(-c2nc3ncccc3o2)c1. The summed E-state index contributed by atoms with van der Waals surface area (Å²) in [5.41, 5.74) is 2.55. The minimum Gasteiger partial charge on any atom is -0.482 e. The molecule has 0 atom stereocenters. The van der Waals surface area contributed by atoms with Crippen LogP contribution < -0.4 is 15.4 Å². The number of hydrogen-bond donors (Lipinski definition) is 2. The normalized spacial score (nSPS) is 10.6. The molecule has 0 fully saturated rings. The lowest BCUT2D eigenvalue weighted by Gasteiger charge is -2.11. The van der Waals surface area contributed by atoms with Gasteiger partial charge in [-0.2, -0.15) is 4.98 Å². The number of rotatable bonds is 5. The molecule has 9 heteroatoms. The van der Waals surface area contributed by atoms with Gasteiger partial charge in [0.05, 0.1) is 5.02 Å². The molecule has 0 unspecified atom stereocenters. The van der Waals surface area contributed by atoms with Gasteiger partial charge in [-0.3, -0.25) is 10.1 Å². The minimum absolute atomic E-state index is 0.138. The van der Waals surface area contributed by atoms with Crippen molar-refractivity contribution in [3.63, 3.8) is 0 Å². The van der Waals surface area contributed by atoms with Crippen LogP contribution >= 0.6 is 23.8 Å². The molecule has 2 aromatic carbocycles. The number of amides is 1. The van der Waals surface area contributed by atoms with Crippen LogP contribution in [0.3, 0.4) is 0 Å². The first-order chi connectivity index (χ1) is 14.6. The highest BCUT2D eigenvalue weighted by molar-refractivity contribution is 7.80. The van der Waals surface area contributed by atoms with Gasteiger partial charge >= 0.3 is 0 Å². The highest BCUT2D eigenvalue weighted by atomic mass is 35.5. The van der Waals surface area contributed by atoms with Gasteiger partial charge in [-0.15, -0.1) is 0 Å². The zero-order valence-electron chi connectivity index (χ0n) is 15.5. The lowest BCUT2D eigenvalue weighted by Crippen LogP contribution is -2.37. The number of carbonyl (C=O) groups is 1. The van der Waals surface area contributed by atoms with Crippen molar-refractivity contribution in [2.45, 2.75) is 0 Å². The molecule has 0 aliphatic heterocycles. The Morgan fingerprint density at radius 1 is 1.13 bits per heavy atom. The van der Waals surface area contributed by atoms with E-state index in [9.17, 15) is 4.79 Å². The van der Waals surface area contributed by atoms with E-state index >= 15 is 0 Å². The van der Waals surface area contributed by atoms with Crippen molar-refractivity contribution in [1.82, 2.24) is 15.3 Å². The summed E-state index contributed by atoms with van der Waals surface area (Å²) < 4.78 is 11.1. The molecular formula is C21H15ClN4O3S. The number of nitrogens with zero attached hydrogens (tertiary/aromatic N) is 2. The highest BCUT2D eigenvalue weighted by Gasteiger charge is 2.11. The quantitative estimate of drug-likeness (QED) is 0.445. The molecular weight excluding hydrogens is 424 g/mol. The second-order valence-corrected chi connectivity index (χ2v) is 6.96. The summed E-state index contributed by atoms with van der Waals surface area (Å²) in [4.78, 5) is 20.6. The molecule has 0 aliphatic carbocycles. The summed E-state index contributed by atoms with van der Waals surface area (Å²) in [5, 5.41) is 6.09. The van der Waals surface area contributed by atoms with Crippen molar-refractivity contribution in [3.05, 3.63) is 71.9 Å². The smallest absolute Gasteiger partial charge is 0.264 e. The number of hydrogen-bond acceptors (Lipinski definition) is 6. The molecule has 2 aromatic heterocycles. The highest BCUT2D eigenvalue weighted by Crippen LogP contribution is 2.25. The zero-order chi connectivity index (χ0) is 20.9. The number of fused-ring (bicyclic) bond motifs is 1. The van der Waals surface area contributed by atoms with Crippen LogP contribution in [0.15, 0.2) is 71.3 Å². The first-order valence-corrected chi connectivity index (χ1v) is 9.67. The molecule has 0 bridgehead atoms. The number of thiocarbonyl (C=S) groups is 1. The summed E-state index contributed by atoms with van der Waals surface area (Å²) in [6.45, 7) is -0.221. The Bertz CT molecular complexity index is 1190. The van der Waals surface area contributed by atoms with Gasteiger partial charge in [0.1, 0.15) is 5.75 Å². The van der Waals surface area contributed by atoms with E-state index in [1.165, 1.54) is 0 Å². The fourth-order valence-electron chi connectivity index (χ4n) is 2.65. The number of pyridine rings is 1. The average molecular weight is 439 g/mol. The first kappa shape index (κ1) is 19.8. The summed E-state index contributed by atoms with van der Waals surface area (Å²) >= 11 is 11.2. The standard InChI is InChI=1S/C21H15ClN4O3S/c22-15-7-1-2-8-16(15)28-12-18(27)25-21(30)24-14-6-3-5-13(11-14)20-26-19-17(29-20)9-4-10-23-19/h1-11H,12H2,(H2,24,25,27,30). The molecule has 4 aromatic rings. The van der Waals surface area contributed by atoms with Crippen molar-refractivity contribution in [3.8, 4) is 17.2 Å². The van der Waals surface area contributed by atoms with Gasteiger partial charge in [0.15, 0.2) is 22.9 Å². The van der Waals surface area contributed by atoms with Crippen LogP contribution in [0.25, 0.3) is 22.7 Å². The molecule has 150 valence electrons. The predicted molar refractivity (Wildman–Crippen MR) is 119 cm³/mol. The summed E-state index contributed by atoms with van der Waals surface area (Å²) in [5.74, 6) is 0.456. The fourth-order valence-corrected chi connectivity index (χ4v) is 3.07. The van der Waals surface area contributed by atoms with Gasteiger partial charge in [-0.05, 0) is 54.7 Å². The Labute approximate surface area is 182 Å². The average Bonchev–Trinajstić information content (AvgIpc) is 3.18. The number of nitrogens with one attached hydrogen (secondary N) is 2. The Balaban J connectivity index is 1.37. The van der Waals surface area contributed by atoms with E-state index in [1.807, 2.05) is 24.3 Å². The second-order valence-electron chi connectivity index (χ2n) is 6.15. The number of anilines is 1. The lowest BCUT2D eigenvalue weighted by molar-refractivity contribution is -0.121. The van der Waals surface area contributed by atoms with Crippen LogP contribution in [-0.4, -0.2) is 27.6 Å². The van der Waals surface area contributed by atoms with Crippen LogP contribution in [0.5, 0.6) is 5.75 Å². The predicted octanol–water partition coefficient (Wildman–Crippen LogP) is 4.44. The maximum absolute atomic E-state index is 12.1. The van der Waals surface area contributed by atoms with Gasteiger partial charge < -0.3 is 14.5 Å². The van der Waals surface area contributed by atoms with E-state index in [-0.39, 0.29) is 11.7 Å². The minimum atomic E-state index is -0.409. The van der Waals surface area contributed by atoms with Gasteiger partial charge in [-0.25, -0.2) is 4.98 Å². The summed E-state index contributed by atoms with van der Waals surface area (Å²) in [6, 6.07) is 17.8. The Kier molecular flexibility index (Phi) is 5.87. The van der Waals surface area contributed by atoms with E-state index in [4.69, 9.17) is 33.0 Å². The van der Waals surface area contributed by atoms with Gasteiger partial charge in [0, 0.05) is 17.4 Å². The van der Waals surface area contributed by atoms with Crippen molar-refractivity contribution >= 4 is 51.8 Å². The van der Waals surface area contributed by atoms with Crippen LogP contribution in [-0.2, 0) is 4.79 Å². The fraction of sp³-hybridized carbons (Fsp3) is 0.0476. The monoisotopic (exact) mass is 438 g/mol. The number of aromatic nitrogens is 2. The van der Waals surface area contributed by atoms with Gasteiger partial charge in [0.2, 0.25) is 5.89 Å². The van der Waals surface area contributed by atoms with Crippen molar-refractivity contribution in [2.75, 3.05) is 11.9 Å². The van der Waals surface area contributed by atoms with E-state index in [0.717, 1.165) is 5.56 Å². The molecule has 7 nitrogen and oxygen atoms in total. The summed E-state index contributed by atoms with van der Waals surface area (Å²) in [6.07, 6.45) is 1.66. The molecule has 0 radical (unpaired) electrons. The topological polar surface area (TPSA) is 89.3 Å². The molecule has 0 saturated carbocycles. The van der Waals surface area contributed by atoms with Crippen LogP contribution in [0.2, 0.25) is 5.02 Å². The maximum Gasteiger partial charge on any atom is 0.264 e.